The predicted octanol–water partition coefficient (Wildman–Crippen LogP) is 2.03. The van der Waals surface area contributed by atoms with E-state index in [1.165, 1.54) is 0 Å². The molecule has 1 aliphatic heterocycles. The summed E-state index contributed by atoms with van der Waals surface area (Å²) in [5, 5.41) is 12.5. The van der Waals surface area contributed by atoms with Gasteiger partial charge in [-0.15, -0.1) is 0 Å². The van der Waals surface area contributed by atoms with Crippen LogP contribution in [0.2, 0.25) is 0 Å². The molecule has 0 aliphatic carbocycles. The molecule has 1 amide bonds. The molecule has 1 heterocycles. The number of amides is 1. The van der Waals surface area contributed by atoms with Crippen molar-refractivity contribution >= 4 is 11.6 Å². The molecule has 110 valence electrons. The topological polar surface area (TPSA) is 52.6 Å². The lowest BCUT2D eigenvalue weighted by molar-refractivity contribution is -0.116. The smallest absolute Gasteiger partial charge is 0.225 e. The van der Waals surface area contributed by atoms with Crippen LogP contribution in [0.15, 0.2) is 24.3 Å². The minimum Gasteiger partial charge on any atom is -0.393 e. The summed E-state index contributed by atoms with van der Waals surface area (Å²) in [5.74, 6) is 0.411. The van der Waals surface area contributed by atoms with Crippen LogP contribution in [0.25, 0.3) is 0 Å². The summed E-state index contributed by atoms with van der Waals surface area (Å²) in [4.78, 5) is 14.2. The van der Waals surface area contributed by atoms with Gasteiger partial charge in [0.15, 0.2) is 0 Å². The maximum atomic E-state index is 11.9. The number of hydrogen-bond donors (Lipinski definition) is 2. The van der Waals surface area contributed by atoms with Gasteiger partial charge in [0, 0.05) is 25.2 Å². The minimum atomic E-state index is -0.249. The van der Waals surface area contributed by atoms with E-state index in [4.69, 9.17) is 0 Å². The first-order chi connectivity index (χ1) is 9.56. The van der Waals surface area contributed by atoms with Crippen molar-refractivity contribution < 1.29 is 9.90 Å². The predicted molar refractivity (Wildman–Crippen MR) is 80.7 cm³/mol. The van der Waals surface area contributed by atoms with E-state index in [-0.39, 0.29) is 12.0 Å². The summed E-state index contributed by atoms with van der Waals surface area (Å²) in [6.45, 7) is 6.48. The second-order valence-corrected chi connectivity index (χ2v) is 5.70. The van der Waals surface area contributed by atoms with E-state index >= 15 is 0 Å². The lowest BCUT2D eigenvalue weighted by atomic mass is 10.0. The second-order valence-electron chi connectivity index (χ2n) is 5.70. The molecule has 0 aromatic heterocycles. The average molecular weight is 276 g/mol. The zero-order valence-electron chi connectivity index (χ0n) is 12.3. The van der Waals surface area contributed by atoms with Crippen LogP contribution >= 0.6 is 0 Å². The Morgan fingerprint density at radius 2 is 2.25 bits per heavy atom. The largest absolute Gasteiger partial charge is 0.393 e. The third-order valence-electron chi connectivity index (χ3n) is 4.07. The molecule has 1 aromatic carbocycles. The molecule has 4 nitrogen and oxygen atoms in total. The average Bonchev–Trinajstić information content (AvgIpc) is 2.88. The van der Waals surface area contributed by atoms with Crippen molar-refractivity contribution in [3.8, 4) is 0 Å². The summed E-state index contributed by atoms with van der Waals surface area (Å²) in [6, 6.07) is 7.80. The Kier molecular flexibility index (Phi) is 5.15. The van der Waals surface area contributed by atoms with Gasteiger partial charge in [-0.05, 0) is 44.4 Å². The molecule has 20 heavy (non-hydrogen) atoms. The molecule has 1 aliphatic rings. The number of anilines is 1. The molecular formula is C16H24N2O2. The molecule has 4 heteroatoms. The van der Waals surface area contributed by atoms with Crippen LogP contribution in [0.3, 0.4) is 0 Å². The maximum Gasteiger partial charge on any atom is 0.225 e. The fourth-order valence-corrected chi connectivity index (χ4v) is 2.64. The van der Waals surface area contributed by atoms with Crippen LogP contribution in [0, 0.1) is 12.8 Å². The molecule has 2 rings (SSSR count). The number of carbonyl (C=O) groups excluding carboxylic acids is 1. The number of aliphatic hydroxyl groups excluding tert-OH is 1. The third kappa shape index (κ3) is 4.05. The van der Waals surface area contributed by atoms with E-state index in [1.807, 2.05) is 38.1 Å². The highest BCUT2D eigenvalue weighted by molar-refractivity contribution is 5.91. The van der Waals surface area contributed by atoms with Crippen molar-refractivity contribution in [1.82, 2.24) is 4.90 Å². The number of rotatable bonds is 5. The van der Waals surface area contributed by atoms with Gasteiger partial charge < -0.3 is 15.3 Å². The molecule has 2 N–H and O–H groups in total. The van der Waals surface area contributed by atoms with Gasteiger partial charge in [0.1, 0.15) is 0 Å². The standard InChI is InChI=1S/C16H24N2O2/c1-12-5-3-4-6-15(12)17-16(20)8-10-18-9-7-14(11-18)13(2)19/h3-6,13-14,19H,7-11H2,1-2H3,(H,17,20). The SMILES string of the molecule is Cc1ccccc1NC(=O)CCN1CCC(C(C)O)C1. The number of para-hydroxylation sites is 1. The number of hydrogen-bond acceptors (Lipinski definition) is 3. The second kappa shape index (κ2) is 6.86. The van der Waals surface area contributed by atoms with Gasteiger partial charge in [-0.3, -0.25) is 4.79 Å². The number of likely N-dealkylation sites (tertiary alicyclic amines) is 1. The highest BCUT2D eigenvalue weighted by Crippen LogP contribution is 2.20. The highest BCUT2D eigenvalue weighted by atomic mass is 16.3. The van der Waals surface area contributed by atoms with Crippen LogP contribution < -0.4 is 5.32 Å². The van der Waals surface area contributed by atoms with Crippen molar-refractivity contribution in [1.29, 1.82) is 0 Å². The number of aryl methyl sites for hydroxylation is 1. The summed E-state index contributed by atoms with van der Waals surface area (Å²) < 4.78 is 0. The monoisotopic (exact) mass is 276 g/mol. The van der Waals surface area contributed by atoms with Gasteiger partial charge in [-0.1, -0.05) is 18.2 Å². The van der Waals surface area contributed by atoms with Crippen LogP contribution in [-0.2, 0) is 4.79 Å². The van der Waals surface area contributed by atoms with Crippen molar-refractivity contribution in [3.05, 3.63) is 29.8 Å². The van der Waals surface area contributed by atoms with Gasteiger partial charge >= 0.3 is 0 Å². The Labute approximate surface area is 120 Å². The molecule has 0 saturated carbocycles. The normalized spacial score (nSPS) is 20.9. The lowest BCUT2D eigenvalue weighted by Crippen LogP contribution is -2.27. The fourth-order valence-electron chi connectivity index (χ4n) is 2.64. The van der Waals surface area contributed by atoms with Crippen molar-refractivity contribution in [2.45, 2.75) is 32.8 Å². The van der Waals surface area contributed by atoms with Crippen molar-refractivity contribution in [2.75, 3.05) is 25.0 Å². The Bertz CT molecular complexity index is 460. The summed E-state index contributed by atoms with van der Waals surface area (Å²) in [5.41, 5.74) is 1.97. The quantitative estimate of drug-likeness (QED) is 0.865. The molecular weight excluding hydrogens is 252 g/mol. The van der Waals surface area contributed by atoms with Crippen LogP contribution in [0.5, 0.6) is 0 Å². The van der Waals surface area contributed by atoms with Crippen LogP contribution in [-0.4, -0.2) is 41.7 Å². The first-order valence-corrected chi connectivity index (χ1v) is 7.32. The van der Waals surface area contributed by atoms with E-state index in [9.17, 15) is 9.90 Å². The third-order valence-corrected chi connectivity index (χ3v) is 4.07. The lowest BCUT2D eigenvalue weighted by Gasteiger charge is -2.17. The molecule has 0 radical (unpaired) electrons. The van der Waals surface area contributed by atoms with E-state index < -0.39 is 0 Å². The van der Waals surface area contributed by atoms with E-state index in [2.05, 4.69) is 10.2 Å². The van der Waals surface area contributed by atoms with E-state index in [1.54, 1.807) is 0 Å². The Morgan fingerprint density at radius 3 is 2.90 bits per heavy atom. The molecule has 1 saturated heterocycles. The highest BCUT2D eigenvalue weighted by Gasteiger charge is 2.25. The molecule has 0 spiro atoms. The zero-order valence-corrected chi connectivity index (χ0v) is 12.3. The Balaban J connectivity index is 1.75. The van der Waals surface area contributed by atoms with Gasteiger partial charge in [-0.25, -0.2) is 0 Å². The summed E-state index contributed by atoms with van der Waals surface area (Å²) >= 11 is 0. The number of benzene rings is 1. The van der Waals surface area contributed by atoms with Gasteiger partial charge in [-0.2, -0.15) is 0 Å². The maximum absolute atomic E-state index is 11.9. The molecule has 1 fully saturated rings. The molecule has 1 aromatic rings. The zero-order chi connectivity index (χ0) is 14.5. The van der Waals surface area contributed by atoms with E-state index in [0.717, 1.165) is 37.3 Å². The molecule has 0 bridgehead atoms. The number of carbonyl (C=O) groups is 1. The number of nitrogens with one attached hydrogen (secondary N) is 1. The van der Waals surface area contributed by atoms with Gasteiger partial charge in [0.25, 0.3) is 0 Å². The number of aliphatic hydroxyl groups is 1. The molecule has 2 unspecified atom stereocenters. The fraction of sp³-hybridized carbons (Fsp3) is 0.562. The Morgan fingerprint density at radius 1 is 1.50 bits per heavy atom. The minimum absolute atomic E-state index is 0.0554. The van der Waals surface area contributed by atoms with Crippen molar-refractivity contribution in [2.24, 2.45) is 5.92 Å². The van der Waals surface area contributed by atoms with Crippen molar-refractivity contribution in [3.63, 3.8) is 0 Å². The molecule has 2 atom stereocenters. The van der Waals surface area contributed by atoms with Crippen LogP contribution in [0.4, 0.5) is 5.69 Å². The first-order valence-electron chi connectivity index (χ1n) is 7.32. The summed E-state index contributed by atoms with van der Waals surface area (Å²) in [7, 11) is 0. The van der Waals surface area contributed by atoms with Gasteiger partial charge in [0.05, 0.1) is 6.10 Å². The van der Waals surface area contributed by atoms with Gasteiger partial charge in [0.2, 0.25) is 5.91 Å². The van der Waals surface area contributed by atoms with Crippen LogP contribution in [0.1, 0.15) is 25.3 Å². The number of nitrogens with zero attached hydrogens (tertiary/aromatic N) is 1. The summed E-state index contributed by atoms with van der Waals surface area (Å²) in [6.07, 6.45) is 1.28. The van der Waals surface area contributed by atoms with E-state index in [0.29, 0.717) is 12.3 Å². The first kappa shape index (κ1) is 15.0. The Hall–Kier alpha value is -1.39.